The number of aromatic nitrogens is 3. The molecule has 0 spiro atoms. The SMILES string of the molecule is CCn1c(CC(=O)Nc2ccccc2C)nnc1SCC(=O)Nc1ccccc1OC. The number of benzene rings is 2. The van der Waals surface area contributed by atoms with Crippen molar-refractivity contribution in [3.05, 3.63) is 59.9 Å². The van der Waals surface area contributed by atoms with E-state index in [0.717, 1.165) is 11.3 Å². The fraction of sp³-hybridized carbons (Fsp3) is 0.273. The Bertz CT molecular complexity index is 1070. The van der Waals surface area contributed by atoms with Crippen LogP contribution in [-0.4, -0.2) is 39.4 Å². The lowest BCUT2D eigenvalue weighted by molar-refractivity contribution is -0.116. The summed E-state index contributed by atoms with van der Waals surface area (Å²) in [4.78, 5) is 24.8. The molecule has 0 aliphatic carbocycles. The Morgan fingerprint density at radius 3 is 2.39 bits per heavy atom. The molecule has 2 amide bonds. The first kappa shape index (κ1) is 22.4. The van der Waals surface area contributed by atoms with E-state index in [2.05, 4.69) is 20.8 Å². The van der Waals surface area contributed by atoms with E-state index < -0.39 is 0 Å². The highest BCUT2D eigenvalue weighted by Gasteiger charge is 2.17. The second kappa shape index (κ2) is 10.6. The molecule has 0 bridgehead atoms. The van der Waals surface area contributed by atoms with E-state index in [4.69, 9.17) is 4.74 Å². The number of aryl methyl sites for hydroxylation is 1. The zero-order chi connectivity index (χ0) is 22.2. The minimum Gasteiger partial charge on any atom is -0.495 e. The molecule has 2 N–H and O–H groups in total. The topological polar surface area (TPSA) is 98.1 Å². The zero-order valence-corrected chi connectivity index (χ0v) is 18.5. The summed E-state index contributed by atoms with van der Waals surface area (Å²) in [5, 5.41) is 14.7. The maximum atomic E-state index is 12.5. The number of hydrogen-bond acceptors (Lipinski definition) is 6. The molecule has 9 heteroatoms. The Kier molecular flexibility index (Phi) is 7.66. The second-order valence-electron chi connectivity index (χ2n) is 6.72. The van der Waals surface area contributed by atoms with E-state index in [-0.39, 0.29) is 24.0 Å². The van der Waals surface area contributed by atoms with E-state index in [1.54, 1.807) is 19.2 Å². The first-order chi connectivity index (χ1) is 15.0. The highest BCUT2D eigenvalue weighted by Crippen LogP contribution is 2.24. The monoisotopic (exact) mass is 439 g/mol. The lowest BCUT2D eigenvalue weighted by Gasteiger charge is -2.10. The van der Waals surface area contributed by atoms with Crippen molar-refractivity contribution in [3.63, 3.8) is 0 Å². The van der Waals surface area contributed by atoms with Gasteiger partial charge in [-0.15, -0.1) is 10.2 Å². The normalized spacial score (nSPS) is 10.5. The number of anilines is 2. The van der Waals surface area contributed by atoms with Crippen molar-refractivity contribution in [2.75, 3.05) is 23.5 Å². The van der Waals surface area contributed by atoms with Gasteiger partial charge in [-0.3, -0.25) is 9.59 Å². The molecule has 8 nitrogen and oxygen atoms in total. The van der Waals surface area contributed by atoms with Crippen LogP contribution in [0.4, 0.5) is 11.4 Å². The standard InChI is InChI=1S/C22H25N5O3S/c1-4-27-19(13-20(28)23-16-10-6-5-9-15(16)2)25-26-22(27)31-14-21(29)24-17-11-7-8-12-18(17)30-3/h5-12H,4,13-14H2,1-3H3,(H,23,28)(H,24,29). The lowest BCUT2D eigenvalue weighted by Crippen LogP contribution is -2.18. The van der Waals surface area contributed by atoms with Gasteiger partial charge in [-0.05, 0) is 37.6 Å². The number of thioether (sulfide) groups is 1. The van der Waals surface area contributed by atoms with Gasteiger partial charge in [0.25, 0.3) is 0 Å². The third-order valence-electron chi connectivity index (χ3n) is 4.56. The Morgan fingerprint density at radius 1 is 1.00 bits per heavy atom. The third-order valence-corrected chi connectivity index (χ3v) is 5.53. The highest BCUT2D eigenvalue weighted by atomic mass is 32.2. The minimum atomic E-state index is -0.181. The Labute approximate surface area is 185 Å². The molecule has 1 aromatic heterocycles. The number of nitrogens with one attached hydrogen (secondary N) is 2. The number of rotatable bonds is 9. The van der Waals surface area contributed by atoms with Crippen molar-refractivity contribution in [2.45, 2.75) is 32.0 Å². The summed E-state index contributed by atoms with van der Waals surface area (Å²) in [5.41, 5.74) is 2.38. The van der Waals surface area contributed by atoms with Crippen LogP contribution >= 0.6 is 11.8 Å². The molecule has 0 fully saturated rings. The minimum absolute atomic E-state index is 0.100. The summed E-state index contributed by atoms with van der Waals surface area (Å²) in [6, 6.07) is 14.8. The van der Waals surface area contributed by atoms with Gasteiger partial charge in [-0.25, -0.2) is 0 Å². The highest BCUT2D eigenvalue weighted by molar-refractivity contribution is 7.99. The lowest BCUT2D eigenvalue weighted by atomic mass is 10.2. The second-order valence-corrected chi connectivity index (χ2v) is 7.66. The third kappa shape index (κ3) is 5.85. The van der Waals surface area contributed by atoms with Gasteiger partial charge in [-0.2, -0.15) is 0 Å². The van der Waals surface area contributed by atoms with Crippen LogP contribution in [0.25, 0.3) is 0 Å². The van der Waals surface area contributed by atoms with E-state index >= 15 is 0 Å². The predicted octanol–water partition coefficient (Wildman–Crippen LogP) is 3.53. The van der Waals surface area contributed by atoms with Gasteiger partial charge in [-0.1, -0.05) is 42.1 Å². The van der Waals surface area contributed by atoms with Crippen molar-refractivity contribution in [1.29, 1.82) is 0 Å². The van der Waals surface area contributed by atoms with Crippen LogP contribution in [0, 0.1) is 6.92 Å². The van der Waals surface area contributed by atoms with Crippen LogP contribution in [0.5, 0.6) is 5.75 Å². The van der Waals surface area contributed by atoms with Gasteiger partial charge in [0.2, 0.25) is 11.8 Å². The molecule has 0 aliphatic heterocycles. The molecule has 0 saturated carbocycles. The number of para-hydroxylation sites is 3. The Morgan fingerprint density at radius 2 is 1.68 bits per heavy atom. The maximum Gasteiger partial charge on any atom is 0.234 e. The number of ether oxygens (including phenoxy) is 1. The summed E-state index contributed by atoms with van der Waals surface area (Å²) >= 11 is 1.27. The predicted molar refractivity (Wildman–Crippen MR) is 122 cm³/mol. The van der Waals surface area contributed by atoms with Crippen LogP contribution < -0.4 is 15.4 Å². The largest absolute Gasteiger partial charge is 0.495 e. The number of hydrogen-bond donors (Lipinski definition) is 2. The van der Waals surface area contributed by atoms with Crippen molar-refractivity contribution in [3.8, 4) is 5.75 Å². The van der Waals surface area contributed by atoms with E-state index in [9.17, 15) is 9.59 Å². The molecular weight excluding hydrogens is 414 g/mol. The van der Waals surface area contributed by atoms with Crippen molar-refractivity contribution in [1.82, 2.24) is 14.8 Å². The molecule has 3 rings (SSSR count). The molecule has 0 atom stereocenters. The molecule has 0 unspecified atom stereocenters. The maximum absolute atomic E-state index is 12.5. The quantitative estimate of drug-likeness (QED) is 0.495. The number of methoxy groups -OCH3 is 1. The molecule has 0 aliphatic rings. The summed E-state index contributed by atoms with van der Waals surface area (Å²) < 4.78 is 7.10. The van der Waals surface area contributed by atoms with Gasteiger partial charge in [0.1, 0.15) is 11.6 Å². The van der Waals surface area contributed by atoms with Gasteiger partial charge < -0.3 is 19.9 Å². The summed E-state index contributed by atoms with van der Waals surface area (Å²) in [5.74, 6) is 0.965. The molecule has 3 aromatic rings. The van der Waals surface area contributed by atoms with E-state index in [0.29, 0.717) is 29.0 Å². The van der Waals surface area contributed by atoms with E-state index in [1.807, 2.05) is 54.8 Å². The molecule has 31 heavy (non-hydrogen) atoms. The smallest absolute Gasteiger partial charge is 0.234 e. The molecule has 2 aromatic carbocycles. The summed E-state index contributed by atoms with van der Waals surface area (Å²) in [6.07, 6.45) is 0.100. The Balaban J connectivity index is 1.60. The summed E-state index contributed by atoms with van der Waals surface area (Å²) in [6.45, 7) is 4.48. The molecule has 0 saturated heterocycles. The number of carbonyl (C=O) groups excluding carboxylic acids is 2. The number of amides is 2. The number of carbonyl (C=O) groups is 2. The Hall–Kier alpha value is -3.33. The van der Waals surface area contributed by atoms with Crippen LogP contribution in [-0.2, 0) is 22.6 Å². The van der Waals surface area contributed by atoms with Crippen LogP contribution in [0.3, 0.4) is 0 Å². The van der Waals surface area contributed by atoms with E-state index in [1.165, 1.54) is 11.8 Å². The molecule has 0 radical (unpaired) electrons. The van der Waals surface area contributed by atoms with Crippen molar-refractivity contribution < 1.29 is 14.3 Å². The fourth-order valence-electron chi connectivity index (χ4n) is 2.99. The van der Waals surface area contributed by atoms with Crippen molar-refractivity contribution >= 4 is 35.0 Å². The first-order valence-corrected chi connectivity index (χ1v) is 10.8. The zero-order valence-electron chi connectivity index (χ0n) is 17.7. The van der Waals surface area contributed by atoms with Crippen LogP contribution in [0.2, 0.25) is 0 Å². The van der Waals surface area contributed by atoms with Gasteiger partial charge in [0.15, 0.2) is 5.16 Å². The average Bonchev–Trinajstić information content (AvgIpc) is 3.15. The summed E-state index contributed by atoms with van der Waals surface area (Å²) in [7, 11) is 1.56. The van der Waals surface area contributed by atoms with Crippen LogP contribution in [0.15, 0.2) is 53.7 Å². The number of nitrogens with zero attached hydrogens (tertiary/aromatic N) is 3. The molecule has 1 heterocycles. The van der Waals surface area contributed by atoms with Crippen molar-refractivity contribution in [2.24, 2.45) is 0 Å². The van der Waals surface area contributed by atoms with Gasteiger partial charge in [0, 0.05) is 12.2 Å². The van der Waals surface area contributed by atoms with Gasteiger partial charge in [0.05, 0.1) is 25.0 Å². The van der Waals surface area contributed by atoms with Crippen LogP contribution in [0.1, 0.15) is 18.3 Å². The molecule has 162 valence electrons. The van der Waals surface area contributed by atoms with Gasteiger partial charge >= 0.3 is 0 Å². The fourth-order valence-corrected chi connectivity index (χ4v) is 3.81. The first-order valence-electron chi connectivity index (χ1n) is 9.85. The molecular formula is C22H25N5O3S. The average molecular weight is 440 g/mol.